The van der Waals surface area contributed by atoms with Crippen molar-refractivity contribution in [1.29, 1.82) is 0 Å². The minimum absolute atomic E-state index is 0.189. The van der Waals surface area contributed by atoms with Crippen LogP contribution in [0, 0.1) is 5.92 Å². The fraction of sp³-hybridized carbons (Fsp3) is 0.778. The van der Waals surface area contributed by atoms with Crippen LogP contribution in [0.4, 0.5) is 0 Å². The van der Waals surface area contributed by atoms with Gasteiger partial charge in [-0.15, -0.1) is 0 Å². The van der Waals surface area contributed by atoms with E-state index in [-0.39, 0.29) is 5.60 Å². The van der Waals surface area contributed by atoms with Crippen molar-refractivity contribution in [3.8, 4) is 0 Å². The zero-order valence-corrected chi connectivity index (χ0v) is 13.9. The summed E-state index contributed by atoms with van der Waals surface area (Å²) >= 11 is 0. The summed E-state index contributed by atoms with van der Waals surface area (Å²) < 4.78 is 11.1. The lowest BCUT2D eigenvalue weighted by Crippen LogP contribution is -2.08. The maximum atomic E-state index is 5.76. The van der Waals surface area contributed by atoms with E-state index >= 15 is 0 Å². The SMILES string of the molecule is CCOCC=C(C)C=CCC(C)CCC1OC1(C)CC. The summed E-state index contributed by atoms with van der Waals surface area (Å²) in [5.74, 6) is 0.733. The van der Waals surface area contributed by atoms with Gasteiger partial charge in [-0.2, -0.15) is 0 Å². The van der Waals surface area contributed by atoms with Gasteiger partial charge in [-0.25, -0.2) is 0 Å². The monoisotopic (exact) mass is 280 g/mol. The maximum Gasteiger partial charge on any atom is 0.0917 e. The first-order valence-electron chi connectivity index (χ1n) is 8.10. The van der Waals surface area contributed by atoms with Crippen LogP contribution in [-0.4, -0.2) is 24.9 Å². The number of ether oxygens (including phenoxy) is 2. The zero-order valence-electron chi connectivity index (χ0n) is 13.9. The molecular weight excluding hydrogens is 248 g/mol. The van der Waals surface area contributed by atoms with Gasteiger partial charge in [0.05, 0.1) is 18.3 Å². The summed E-state index contributed by atoms with van der Waals surface area (Å²) in [4.78, 5) is 0. The highest BCUT2D eigenvalue weighted by molar-refractivity contribution is 5.15. The normalized spacial score (nSPS) is 28.1. The Morgan fingerprint density at radius 3 is 2.75 bits per heavy atom. The van der Waals surface area contributed by atoms with Gasteiger partial charge in [0.2, 0.25) is 0 Å². The molecule has 2 nitrogen and oxygen atoms in total. The molecule has 1 aliphatic rings. The Labute approximate surface area is 125 Å². The lowest BCUT2D eigenvalue weighted by atomic mass is 9.95. The molecule has 0 spiro atoms. The third-order valence-corrected chi connectivity index (χ3v) is 4.31. The molecule has 20 heavy (non-hydrogen) atoms. The molecule has 1 saturated heterocycles. The Hall–Kier alpha value is -0.600. The molecule has 0 radical (unpaired) electrons. The molecule has 3 unspecified atom stereocenters. The highest BCUT2D eigenvalue weighted by atomic mass is 16.6. The van der Waals surface area contributed by atoms with E-state index < -0.39 is 0 Å². The van der Waals surface area contributed by atoms with Gasteiger partial charge >= 0.3 is 0 Å². The molecule has 0 aromatic heterocycles. The highest BCUT2D eigenvalue weighted by Crippen LogP contribution is 2.42. The van der Waals surface area contributed by atoms with E-state index in [0.29, 0.717) is 6.10 Å². The van der Waals surface area contributed by atoms with Crippen LogP contribution in [0.15, 0.2) is 23.8 Å². The molecule has 0 saturated carbocycles. The molecule has 1 fully saturated rings. The topological polar surface area (TPSA) is 21.8 Å². The summed E-state index contributed by atoms with van der Waals surface area (Å²) in [5.41, 5.74) is 1.48. The van der Waals surface area contributed by atoms with E-state index in [4.69, 9.17) is 9.47 Å². The summed E-state index contributed by atoms with van der Waals surface area (Å²) in [7, 11) is 0. The van der Waals surface area contributed by atoms with E-state index in [9.17, 15) is 0 Å². The van der Waals surface area contributed by atoms with Crippen molar-refractivity contribution in [1.82, 2.24) is 0 Å². The van der Waals surface area contributed by atoms with Gasteiger partial charge in [-0.3, -0.25) is 0 Å². The van der Waals surface area contributed by atoms with Gasteiger partial charge in [-0.1, -0.05) is 37.6 Å². The van der Waals surface area contributed by atoms with Crippen molar-refractivity contribution in [3.63, 3.8) is 0 Å². The van der Waals surface area contributed by atoms with Crippen LogP contribution in [-0.2, 0) is 9.47 Å². The van der Waals surface area contributed by atoms with E-state index in [1.807, 2.05) is 6.92 Å². The Kier molecular flexibility index (Phi) is 7.53. The van der Waals surface area contributed by atoms with Gasteiger partial charge in [0, 0.05) is 6.61 Å². The van der Waals surface area contributed by atoms with Crippen LogP contribution in [0.5, 0.6) is 0 Å². The lowest BCUT2D eigenvalue weighted by molar-refractivity contribution is 0.177. The third-order valence-electron chi connectivity index (χ3n) is 4.31. The van der Waals surface area contributed by atoms with Crippen LogP contribution in [0.1, 0.15) is 60.3 Å². The maximum absolute atomic E-state index is 5.76. The summed E-state index contributed by atoms with van der Waals surface area (Å²) in [6.45, 7) is 12.4. The fourth-order valence-electron chi connectivity index (χ4n) is 2.38. The molecule has 0 aromatic carbocycles. The third kappa shape index (κ3) is 6.23. The summed E-state index contributed by atoms with van der Waals surface area (Å²) in [6.07, 6.45) is 11.9. The predicted molar refractivity (Wildman–Crippen MR) is 86.0 cm³/mol. The highest BCUT2D eigenvalue weighted by Gasteiger charge is 2.49. The molecule has 1 aliphatic heterocycles. The van der Waals surface area contributed by atoms with E-state index in [1.165, 1.54) is 18.4 Å². The van der Waals surface area contributed by atoms with Crippen molar-refractivity contribution in [3.05, 3.63) is 23.8 Å². The van der Waals surface area contributed by atoms with Crippen LogP contribution >= 0.6 is 0 Å². The molecule has 0 amide bonds. The molecule has 1 heterocycles. The number of hydrogen-bond donors (Lipinski definition) is 0. The molecule has 0 aliphatic carbocycles. The lowest BCUT2D eigenvalue weighted by Gasteiger charge is -2.08. The second-order valence-electron chi connectivity index (χ2n) is 6.20. The van der Waals surface area contributed by atoms with Crippen LogP contribution < -0.4 is 0 Å². The average Bonchev–Trinajstić information content (AvgIpc) is 3.08. The van der Waals surface area contributed by atoms with Gasteiger partial charge in [0.25, 0.3) is 0 Å². The summed E-state index contributed by atoms with van der Waals surface area (Å²) in [5, 5.41) is 0. The average molecular weight is 280 g/mol. The molecule has 116 valence electrons. The number of hydrogen-bond acceptors (Lipinski definition) is 2. The Morgan fingerprint density at radius 1 is 1.40 bits per heavy atom. The molecule has 2 heteroatoms. The minimum atomic E-state index is 0.189. The van der Waals surface area contributed by atoms with Gasteiger partial charge < -0.3 is 9.47 Å². The standard InChI is InChI=1S/C18H32O2/c1-6-18(5)17(20-18)12-11-15(3)9-8-10-16(4)13-14-19-7-2/h8,10,13,15,17H,6-7,9,11-12,14H2,1-5H3. The van der Waals surface area contributed by atoms with E-state index in [0.717, 1.165) is 32.0 Å². The summed E-state index contributed by atoms with van der Waals surface area (Å²) in [6, 6.07) is 0. The predicted octanol–water partition coefficient (Wildman–Crippen LogP) is 4.90. The smallest absolute Gasteiger partial charge is 0.0917 e. The van der Waals surface area contributed by atoms with E-state index in [1.54, 1.807) is 0 Å². The molecular formula is C18H32O2. The quantitative estimate of drug-likeness (QED) is 0.322. The molecule has 0 bridgehead atoms. The first-order chi connectivity index (χ1) is 9.51. The number of epoxide rings is 1. The Balaban J connectivity index is 2.13. The first kappa shape index (κ1) is 17.5. The van der Waals surface area contributed by atoms with Gasteiger partial charge in [0.15, 0.2) is 0 Å². The molecule has 3 atom stereocenters. The minimum Gasteiger partial charge on any atom is -0.378 e. The number of rotatable bonds is 10. The van der Waals surface area contributed by atoms with Crippen LogP contribution in [0.3, 0.4) is 0 Å². The molecule has 0 aromatic rings. The largest absolute Gasteiger partial charge is 0.378 e. The van der Waals surface area contributed by atoms with Crippen LogP contribution in [0.2, 0.25) is 0 Å². The van der Waals surface area contributed by atoms with E-state index in [2.05, 4.69) is 45.9 Å². The Bertz CT molecular complexity index is 332. The van der Waals surface area contributed by atoms with Crippen molar-refractivity contribution >= 4 is 0 Å². The molecule has 1 rings (SSSR count). The zero-order chi connectivity index (χ0) is 15.0. The van der Waals surface area contributed by atoms with Crippen LogP contribution in [0.25, 0.3) is 0 Å². The van der Waals surface area contributed by atoms with Crippen molar-refractivity contribution in [2.75, 3.05) is 13.2 Å². The first-order valence-corrected chi connectivity index (χ1v) is 8.10. The van der Waals surface area contributed by atoms with Gasteiger partial charge in [0.1, 0.15) is 0 Å². The number of allylic oxidation sites excluding steroid dienone is 3. The van der Waals surface area contributed by atoms with Crippen molar-refractivity contribution in [2.24, 2.45) is 5.92 Å². The fourth-order valence-corrected chi connectivity index (χ4v) is 2.38. The van der Waals surface area contributed by atoms with Gasteiger partial charge in [-0.05, 0) is 52.4 Å². The second-order valence-corrected chi connectivity index (χ2v) is 6.20. The second kappa shape index (κ2) is 8.63. The molecule has 0 N–H and O–H groups in total. The Morgan fingerprint density at radius 2 is 2.15 bits per heavy atom. The van der Waals surface area contributed by atoms with Crippen molar-refractivity contribution in [2.45, 2.75) is 72.0 Å². The van der Waals surface area contributed by atoms with Crippen molar-refractivity contribution < 1.29 is 9.47 Å².